The monoisotopic (exact) mass is 334 g/mol. The van der Waals surface area contributed by atoms with Gasteiger partial charge in [0.2, 0.25) is 5.91 Å². The third-order valence-electron chi connectivity index (χ3n) is 5.78. The molecule has 0 bridgehead atoms. The summed E-state index contributed by atoms with van der Waals surface area (Å²) in [7, 11) is 0. The Balaban J connectivity index is 1.80. The number of nitrogens with zero attached hydrogens (tertiary/aromatic N) is 2. The molecule has 2 fully saturated rings. The maximum atomic E-state index is 12.3. The summed E-state index contributed by atoms with van der Waals surface area (Å²) >= 11 is 0. The van der Waals surface area contributed by atoms with Crippen LogP contribution >= 0.6 is 0 Å². The third kappa shape index (κ3) is 2.58. The number of fused-ring (bicyclic) bond motifs is 1. The van der Waals surface area contributed by atoms with Crippen molar-refractivity contribution in [2.45, 2.75) is 38.8 Å². The molecule has 6 heteroatoms. The van der Waals surface area contributed by atoms with Crippen molar-refractivity contribution in [2.75, 3.05) is 19.6 Å². The molecule has 3 aliphatic rings. The summed E-state index contributed by atoms with van der Waals surface area (Å²) < 4.78 is 0. The number of aliphatic hydroxyl groups is 1. The first-order valence-corrected chi connectivity index (χ1v) is 8.67. The average Bonchev–Trinajstić information content (AvgIpc) is 3.02. The van der Waals surface area contributed by atoms with Gasteiger partial charge in [-0.25, -0.2) is 4.79 Å². The fourth-order valence-corrected chi connectivity index (χ4v) is 4.58. The fraction of sp³-hybridized carbons (Fsp3) is 0.667. The van der Waals surface area contributed by atoms with Crippen molar-refractivity contribution < 1.29 is 19.8 Å². The van der Waals surface area contributed by atoms with Gasteiger partial charge in [0.05, 0.1) is 18.1 Å². The van der Waals surface area contributed by atoms with E-state index in [0.717, 1.165) is 31.5 Å². The molecular formula is C18H26N2O4. The van der Waals surface area contributed by atoms with Gasteiger partial charge in [0, 0.05) is 19.0 Å². The van der Waals surface area contributed by atoms with E-state index in [2.05, 4.69) is 11.5 Å². The number of hydrogen-bond acceptors (Lipinski definition) is 4. The maximum absolute atomic E-state index is 12.3. The number of carboxylic acids is 1. The lowest BCUT2D eigenvalue weighted by molar-refractivity contribution is -0.163. The first-order valence-electron chi connectivity index (χ1n) is 8.67. The van der Waals surface area contributed by atoms with Crippen molar-refractivity contribution in [1.82, 2.24) is 9.80 Å². The Hall–Kier alpha value is -1.66. The number of allylic oxidation sites excluding steroid dienone is 1. The molecule has 0 spiro atoms. The van der Waals surface area contributed by atoms with Gasteiger partial charge in [-0.1, -0.05) is 13.0 Å². The highest BCUT2D eigenvalue weighted by molar-refractivity contribution is 6.00. The Labute approximate surface area is 142 Å². The van der Waals surface area contributed by atoms with Gasteiger partial charge in [0.25, 0.3) is 0 Å². The molecule has 0 radical (unpaired) electrons. The Morgan fingerprint density at radius 1 is 1.50 bits per heavy atom. The number of amides is 1. The Morgan fingerprint density at radius 2 is 2.21 bits per heavy atom. The summed E-state index contributed by atoms with van der Waals surface area (Å²) in [6.07, 6.45) is 3.26. The lowest BCUT2D eigenvalue weighted by atomic mass is 9.77. The van der Waals surface area contributed by atoms with E-state index in [0.29, 0.717) is 12.5 Å². The van der Waals surface area contributed by atoms with Gasteiger partial charge in [-0.2, -0.15) is 0 Å². The van der Waals surface area contributed by atoms with Crippen LogP contribution in [0.1, 0.15) is 26.7 Å². The average molecular weight is 334 g/mol. The number of β-lactam (4-membered cyclic amide) rings is 1. The van der Waals surface area contributed by atoms with Crippen LogP contribution in [0.25, 0.3) is 0 Å². The van der Waals surface area contributed by atoms with E-state index in [1.807, 2.05) is 13.0 Å². The maximum Gasteiger partial charge on any atom is 0.352 e. The number of hydrogen-bond donors (Lipinski definition) is 2. The molecule has 0 aromatic carbocycles. The van der Waals surface area contributed by atoms with Crippen molar-refractivity contribution in [3.05, 3.63) is 23.9 Å². The molecule has 0 saturated carbocycles. The molecule has 5 atom stereocenters. The topological polar surface area (TPSA) is 81.1 Å². The van der Waals surface area contributed by atoms with Gasteiger partial charge in [0.1, 0.15) is 5.70 Å². The normalized spacial score (nSPS) is 34.3. The first-order chi connectivity index (χ1) is 11.4. The third-order valence-corrected chi connectivity index (χ3v) is 5.78. The van der Waals surface area contributed by atoms with Crippen molar-refractivity contribution in [1.29, 1.82) is 0 Å². The van der Waals surface area contributed by atoms with Gasteiger partial charge < -0.3 is 15.1 Å². The Morgan fingerprint density at radius 3 is 2.79 bits per heavy atom. The van der Waals surface area contributed by atoms with Crippen LogP contribution in [0, 0.1) is 17.8 Å². The molecule has 132 valence electrons. The summed E-state index contributed by atoms with van der Waals surface area (Å²) in [5.74, 6) is -1.25. The zero-order valence-corrected chi connectivity index (χ0v) is 14.3. The molecule has 2 saturated heterocycles. The van der Waals surface area contributed by atoms with Gasteiger partial charge in [-0.3, -0.25) is 9.69 Å². The van der Waals surface area contributed by atoms with E-state index in [9.17, 15) is 19.8 Å². The number of aliphatic hydroxyl groups excluding tert-OH is 1. The van der Waals surface area contributed by atoms with E-state index in [-0.39, 0.29) is 23.6 Å². The molecular weight excluding hydrogens is 308 g/mol. The number of carbonyl (C=O) groups excluding carboxylic acids is 1. The van der Waals surface area contributed by atoms with Crippen molar-refractivity contribution in [3.8, 4) is 0 Å². The summed E-state index contributed by atoms with van der Waals surface area (Å²) in [4.78, 5) is 27.7. The van der Waals surface area contributed by atoms with Gasteiger partial charge in [-0.05, 0) is 37.8 Å². The molecule has 1 amide bonds. The van der Waals surface area contributed by atoms with E-state index < -0.39 is 18.0 Å². The van der Waals surface area contributed by atoms with E-state index >= 15 is 0 Å². The predicted molar refractivity (Wildman–Crippen MR) is 89.0 cm³/mol. The number of rotatable bonds is 6. The molecule has 0 aromatic heterocycles. The number of carbonyl (C=O) groups is 2. The van der Waals surface area contributed by atoms with Crippen LogP contribution < -0.4 is 0 Å². The van der Waals surface area contributed by atoms with E-state index in [4.69, 9.17) is 0 Å². The second kappa shape index (κ2) is 6.33. The zero-order valence-electron chi connectivity index (χ0n) is 14.3. The number of aliphatic carboxylic acids is 1. The number of carboxylic acid groups (broad SMARTS) is 1. The fourth-order valence-electron chi connectivity index (χ4n) is 4.58. The van der Waals surface area contributed by atoms with E-state index in [1.54, 1.807) is 6.92 Å². The smallest absolute Gasteiger partial charge is 0.352 e. The van der Waals surface area contributed by atoms with Crippen LogP contribution in [0.5, 0.6) is 0 Å². The molecule has 3 rings (SSSR count). The highest BCUT2D eigenvalue weighted by Crippen LogP contribution is 2.47. The zero-order chi connectivity index (χ0) is 17.6. The van der Waals surface area contributed by atoms with Crippen LogP contribution in [0.15, 0.2) is 23.9 Å². The largest absolute Gasteiger partial charge is 0.477 e. The van der Waals surface area contributed by atoms with Crippen LogP contribution in [0.2, 0.25) is 0 Å². The van der Waals surface area contributed by atoms with Crippen LogP contribution in [-0.2, 0) is 9.59 Å². The molecule has 3 aliphatic heterocycles. The van der Waals surface area contributed by atoms with Crippen molar-refractivity contribution >= 4 is 11.9 Å². The van der Waals surface area contributed by atoms with Crippen molar-refractivity contribution in [2.24, 2.45) is 17.8 Å². The first kappa shape index (κ1) is 17.2. The predicted octanol–water partition coefficient (Wildman–Crippen LogP) is 1.08. The highest BCUT2D eigenvalue weighted by Gasteiger charge is 2.59. The van der Waals surface area contributed by atoms with E-state index in [1.165, 1.54) is 4.90 Å². The SMILES string of the molecule is C=CC[C@H]1CCN(CC2=C(C(=O)O)N3C(=O)C([C@@H](C)O)C3[C@H]2C)C1. The lowest BCUT2D eigenvalue weighted by Gasteiger charge is -2.46. The van der Waals surface area contributed by atoms with Gasteiger partial charge in [0.15, 0.2) is 0 Å². The molecule has 2 N–H and O–H groups in total. The Kier molecular flexibility index (Phi) is 4.53. The standard InChI is InChI=1S/C18H26N2O4/c1-4-5-12-6-7-19(8-12)9-13-10(2)15-14(11(3)21)17(22)20(15)16(13)18(23)24/h4,10-12,14-15,21H,1,5-9H2,2-3H3,(H,23,24)/t10-,11+,12-,14?,15?/m0/s1. The molecule has 0 aromatic rings. The molecule has 24 heavy (non-hydrogen) atoms. The summed E-state index contributed by atoms with van der Waals surface area (Å²) in [6, 6.07) is -0.217. The molecule has 2 unspecified atom stereocenters. The minimum absolute atomic E-state index is 0.0353. The molecule has 3 heterocycles. The molecule has 0 aliphatic carbocycles. The van der Waals surface area contributed by atoms with Crippen LogP contribution in [0.4, 0.5) is 0 Å². The van der Waals surface area contributed by atoms with Gasteiger partial charge >= 0.3 is 5.97 Å². The second-order valence-corrected chi connectivity index (χ2v) is 7.35. The number of likely N-dealkylation sites (tertiary alicyclic amines) is 1. The minimum Gasteiger partial charge on any atom is -0.477 e. The van der Waals surface area contributed by atoms with Crippen LogP contribution in [0.3, 0.4) is 0 Å². The molecule has 6 nitrogen and oxygen atoms in total. The summed E-state index contributed by atoms with van der Waals surface area (Å²) in [6.45, 7) is 9.83. The summed E-state index contributed by atoms with van der Waals surface area (Å²) in [5.41, 5.74) is 0.963. The minimum atomic E-state index is -1.04. The van der Waals surface area contributed by atoms with Crippen molar-refractivity contribution in [3.63, 3.8) is 0 Å². The van der Waals surface area contributed by atoms with Crippen LogP contribution in [-0.4, -0.2) is 63.7 Å². The van der Waals surface area contributed by atoms with Gasteiger partial charge in [-0.15, -0.1) is 6.58 Å². The highest BCUT2D eigenvalue weighted by atomic mass is 16.4. The second-order valence-electron chi connectivity index (χ2n) is 7.35. The quantitative estimate of drug-likeness (QED) is 0.561. The Bertz CT molecular complexity index is 598. The summed E-state index contributed by atoms with van der Waals surface area (Å²) in [5, 5.41) is 19.5. The lowest BCUT2D eigenvalue weighted by Crippen LogP contribution is -2.63.